The SMILES string of the molecule is CC(Oc1cc(-c2ccc(ON3CCN(C)CC3)cc2)cnc1N)c1c(Cl)ccc(F)c1Cl. The predicted molar refractivity (Wildman–Crippen MR) is 129 cm³/mol. The molecule has 2 heterocycles. The lowest BCUT2D eigenvalue weighted by molar-refractivity contribution is -0.0849. The van der Waals surface area contributed by atoms with Crippen LogP contribution in [0.4, 0.5) is 10.2 Å². The molecule has 9 heteroatoms. The number of aromatic nitrogens is 1. The van der Waals surface area contributed by atoms with Crippen LogP contribution in [-0.4, -0.2) is 48.2 Å². The van der Waals surface area contributed by atoms with Gasteiger partial charge in [-0.2, -0.15) is 0 Å². The zero-order valence-corrected chi connectivity index (χ0v) is 19.9. The maximum atomic E-state index is 13.9. The molecule has 0 saturated carbocycles. The van der Waals surface area contributed by atoms with E-state index in [2.05, 4.69) is 16.9 Å². The topological polar surface area (TPSA) is 63.9 Å². The van der Waals surface area contributed by atoms with Gasteiger partial charge in [-0.3, -0.25) is 0 Å². The summed E-state index contributed by atoms with van der Waals surface area (Å²) in [5, 5.41) is 2.21. The molecule has 1 aliphatic heterocycles. The molecule has 1 atom stereocenters. The van der Waals surface area contributed by atoms with Crippen LogP contribution in [0.15, 0.2) is 48.7 Å². The van der Waals surface area contributed by atoms with Crippen molar-refractivity contribution in [3.8, 4) is 22.6 Å². The lowest BCUT2D eigenvalue weighted by Crippen LogP contribution is -2.45. The fourth-order valence-corrected chi connectivity index (χ4v) is 4.29. The van der Waals surface area contributed by atoms with E-state index in [4.69, 9.17) is 38.5 Å². The molecular weight excluding hydrogens is 466 g/mol. The van der Waals surface area contributed by atoms with Crippen LogP contribution in [0, 0.1) is 5.82 Å². The van der Waals surface area contributed by atoms with Crippen LogP contribution in [0.3, 0.4) is 0 Å². The molecule has 6 nitrogen and oxygen atoms in total. The van der Waals surface area contributed by atoms with Crippen LogP contribution in [0.5, 0.6) is 11.5 Å². The number of rotatable bonds is 6. The van der Waals surface area contributed by atoms with E-state index in [1.165, 1.54) is 12.1 Å². The van der Waals surface area contributed by atoms with Gasteiger partial charge < -0.3 is 20.2 Å². The second kappa shape index (κ2) is 10.1. The molecule has 0 amide bonds. The minimum atomic E-state index is -0.639. The fraction of sp³-hybridized carbons (Fsp3) is 0.292. The fourth-order valence-electron chi connectivity index (χ4n) is 3.61. The third-order valence-electron chi connectivity index (χ3n) is 5.56. The summed E-state index contributed by atoms with van der Waals surface area (Å²) in [6, 6.07) is 12.2. The van der Waals surface area contributed by atoms with E-state index in [-0.39, 0.29) is 10.8 Å². The van der Waals surface area contributed by atoms with Crippen LogP contribution >= 0.6 is 23.2 Å². The summed E-state index contributed by atoms with van der Waals surface area (Å²) in [5.74, 6) is 0.774. The Kier molecular flexibility index (Phi) is 7.24. The van der Waals surface area contributed by atoms with Crippen molar-refractivity contribution < 1.29 is 14.0 Å². The molecule has 1 saturated heterocycles. The van der Waals surface area contributed by atoms with Gasteiger partial charge in [0.15, 0.2) is 11.6 Å². The summed E-state index contributed by atoms with van der Waals surface area (Å²) in [6.07, 6.45) is 1.03. The van der Waals surface area contributed by atoms with Crippen molar-refractivity contribution in [1.29, 1.82) is 0 Å². The number of nitrogens with two attached hydrogens (primary N) is 1. The molecule has 4 rings (SSSR count). The molecular formula is C24H25Cl2FN4O2. The highest BCUT2D eigenvalue weighted by Gasteiger charge is 2.20. The number of pyridine rings is 1. The van der Waals surface area contributed by atoms with Crippen molar-refractivity contribution in [2.45, 2.75) is 13.0 Å². The maximum Gasteiger partial charge on any atom is 0.166 e. The van der Waals surface area contributed by atoms with Crippen LogP contribution in [-0.2, 0) is 0 Å². The standard InChI is InChI=1S/C24H25Cl2FN4O2/c1-15(22-19(25)7-8-20(27)23(22)26)32-21-13-17(14-29-24(21)28)16-3-5-18(6-4-16)33-31-11-9-30(2)10-12-31/h3-8,13-15H,9-12H2,1-2H3,(H2,28,29). The number of halogens is 3. The van der Waals surface area contributed by atoms with Gasteiger partial charge in [0.25, 0.3) is 0 Å². The summed E-state index contributed by atoms with van der Waals surface area (Å²) in [7, 11) is 2.10. The van der Waals surface area contributed by atoms with Gasteiger partial charge in [0, 0.05) is 48.5 Å². The van der Waals surface area contributed by atoms with Crippen LogP contribution in [0.2, 0.25) is 10.0 Å². The number of likely N-dealkylation sites (N-methyl/N-ethyl adjacent to an activating group) is 1. The van der Waals surface area contributed by atoms with Gasteiger partial charge in [0.2, 0.25) is 0 Å². The Labute approximate surface area is 202 Å². The molecule has 2 aromatic carbocycles. The first-order valence-electron chi connectivity index (χ1n) is 10.6. The minimum absolute atomic E-state index is 0.0753. The zero-order valence-electron chi connectivity index (χ0n) is 18.4. The Morgan fingerprint density at radius 1 is 1.03 bits per heavy atom. The number of benzene rings is 2. The van der Waals surface area contributed by atoms with Crippen molar-refractivity contribution in [2.24, 2.45) is 0 Å². The maximum absolute atomic E-state index is 13.9. The van der Waals surface area contributed by atoms with E-state index in [1.807, 2.05) is 29.3 Å². The number of nitrogen functional groups attached to an aromatic ring is 1. The lowest BCUT2D eigenvalue weighted by Gasteiger charge is -2.31. The molecule has 0 spiro atoms. The van der Waals surface area contributed by atoms with E-state index < -0.39 is 11.9 Å². The molecule has 1 unspecified atom stereocenters. The number of hydrogen-bond acceptors (Lipinski definition) is 6. The van der Waals surface area contributed by atoms with E-state index in [1.54, 1.807) is 19.2 Å². The number of nitrogens with zero attached hydrogens (tertiary/aromatic N) is 3. The van der Waals surface area contributed by atoms with Gasteiger partial charge >= 0.3 is 0 Å². The van der Waals surface area contributed by atoms with Crippen LogP contribution < -0.4 is 15.3 Å². The number of anilines is 1. The molecule has 0 radical (unpaired) electrons. The van der Waals surface area contributed by atoms with E-state index in [0.29, 0.717) is 16.3 Å². The van der Waals surface area contributed by atoms with Crippen LogP contribution in [0.1, 0.15) is 18.6 Å². The summed E-state index contributed by atoms with van der Waals surface area (Å²) >= 11 is 12.3. The number of piperazine rings is 1. The largest absolute Gasteiger partial charge is 0.482 e. The Hall–Kier alpha value is -2.58. The molecule has 1 fully saturated rings. The monoisotopic (exact) mass is 490 g/mol. The molecule has 1 aromatic heterocycles. The molecule has 33 heavy (non-hydrogen) atoms. The van der Waals surface area contributed by atoms with Gasteiger partial charge in [0.05, 0.1) is 5.02 Å². The smallest absolute Gasteiger partial charge is 0.166 e. The summed E-state index contributed by atoms with van der Waals surface area (Å²) < 4.78 is 19.9. The highest BCUT2D eigenvalue weighted by Crippen LogP contribution is 2.37. The van der Waals surface area contributed by atoms with Crippen molar-refractivity contribution in [3.63, 3.8) is 0 Å². The molecule has 0 bridgehead atoms. The zero-order chi connectivity index (χ0) is 23.5. The first-order chi connectivity index (χ1) is 15.8. The Morgan fingerprint density at radius 2 is 1.73 bits per heavy atom. The van der Waals surface area contributed by atoms with E-state index >= 15 is 0 Å². The number of hydroxylamine groups is 2. The van der Waals surface area contributed by atoms with Crippen LogP contribution in [0.25, 0.3) is 11.1 Å². The van der Waals surface area contributed by atoms with Crippen molar-refractivity contribution in [2.75, 3.05) is 39.0 Å². The van der Waals surface area contributed by atoms with Gasteiger partial charge in [-0.1, -0.05) is 35.3 Å². The number of hydrogen-bond donors (Lipinski definition) is 1. The van der Waals surface area contributed by atoms with E-state index in [0.717, 1.165) is 43.1 Å². The first-order valence-corrected chi connectivity index (χ1v) is 11.3. The van der Waals surface area contributed by atoms with Crippen molar-refractivity contribution in [1.82, 2.24) is 14.9 Å². The van der Waals surface area contributed by atoms with E-state index in [9.17, 15) is 4.39 Å². The van der Waals surface area contributed by atoms with Gasteiger partial charge in [0.1, 0.15) is 17.7 Å². The summed E-state index contributed by atoms with van der Waals surface area (Å²) in [4.78, 5) is 12.5. The summed E-state index contributed by atoms with van der Waals surface area (Å²) in [5.41, 5.74) is 8.13. The third kappa shape index (κ3) is 5.50. The van der Waals surface area contributed by atoms with Gasteiger partial charge in [-0.05, 0) is 49.9 Å². The molecule has 1 aliphatic rings. The number of ether oxygens (including phenoxy) is 1. The Bertz CT molecular complexity index is 1120. The summed E-state index contributed by atoms with van der Waals surface area (Å²) in [6.45, 7) is 5.39. The third-order valence-corrected chi connectivity index (χ3v) is 6.27. The highest BCUT2D eigenvalue weighted by molar-refractivity contribution is 6.36. The second-order valence-electron chi connectivity index (χ2n) is 7.97. The molecule has 174 valence electrons. The quantitative estimate of drug-likeness (QED) is 0.463. The molecule has 2 N–H and O–H groups in total. The van der Waals surface area contributed by atoms with Crippen molar-refractivity contribution >= 4 is 29.0 Å². The second-order valence-corrected chi connectivity index (χ2v) is 8.76. The lowest BCUT2D eigenvalue weighted by atomic mass is 10.1. The van der Waals surface area contributed by atoms with Gasteiger partial charge in [-0.25, -0.2) is 9.37 Å². The average Bonchev–Trinajstić information content (AvgIpc) is 2.80. The Morgan fingerprint density at radius 3 is 2.42 bits per heavy atom. The Balaban J connectivity index is 1.50. The first kappa shape index (κ1) is 23.6. The average molecular weight is 491 g/mol. The molecule has 3 aromatic rings. The highest BCUT2D eigenvalue weighted by atomic mass is 35.5. The predicted octanol–water partition coefficient (Wildman–Crippen LogP) is 5.46. The van der Waals surface area contributed by atoms with Gasteiger partial charge in [-0.15, -0.1) is 5.06 Å². The normalized spacial score (nSPS) is 15.9. The molecule has 0 aliphatic carbocycles. The minimum Gasteiger partial charge on any atom is -0.482 e. The van der Waals surface area contributed by atoms with Crippen molar-refractivity contribution in [3.05, 3.63) is 70.1 Å².